The zero-order valence-electron chi connectivity index (χ0n) is 6.94. The largest absolute Gasteiger partial charge is 0.313 e. The number of rotatable bonds is 0. The van der Waals surface area contributed by atoms with E-state index < -0.39 is 0 Å². The van der Waals surface area contributed by atoms with Gasteiger partial charge < -0.3 is 5.32 Å². The zero-order valence-corrected chi connectivity index (χ0v) is 7.69. The van der Waals surface area contributed by atoms with Crippen LogP contribution in [0.5, 0.6) is 0 Å². The molecule has 0 amide bonds. The average molecular weight is 182 g/mol. The molecule has 1 aliphatic heterocycles. The Hall–Kier alpha value is -0.530. The second-order valence-electron chi connectivity index (χ2n) is 3.16. The van der Waals surface area contributed by atoms with E-state index in [-0.39, 0.29) is 0 Å². The van der Waals surface area contributed by atoms with Gasteiger partial charge in [0.25, 0.3) is 0 Å². The van der Waals surface area contributed by atoms with Gasteiger partial charge in [0.1, 0.15) is 0 Å². The van der Waals surface area contributed by atoms with E-state index >= 15 is 0 Å². The van der Waals surface area contributed by atoms with Gasteiger partial charge in [-0.1, -0.05) is 23.7 Å². The van der Waals surface area contributed by atoms with Gasteiger partial charge in [-0.3, -0.25) is 0 Å². The molecule has 1 aromatic carbocycles. The molecule has 0 unspecified atom stereocenters. The number of fused-ring (bicyclic) bond motifs is 1. The Morgan fingerprint density at radius 2 is 2.25 bits per heavy atom. The molecule has 12 heavy (non-hydrogen) atoms. The fraction of sp³-hybridized carbons (Fsp3) is 0.400. The molecule has 0 bridgehead atoms. The van der Waals surface area contributed by atoms with Crippen molar-refractivity contribution < 1.29 is 0 Å². The summed E-state index contributed by atoms with van der Waals surface area (Å²) in [6.45, 7) is 2.07. The predicted molar refractivity (Wildman–Crippen MR) is 51.5 cm³/mol. The predicted octanol–water partition coefficient (Wildman–Crippen LogP) is 2.38. The lowest BCUT2D eigenvalue weighted by atomic mass is 10.0. The maximum absolute atomic E-state index is 6.09. The Bertz CT molecular complexity index is 283. The third-order valence-corrected chi connectivity index (χ3v) is 2.67. The van der Waals surface area contributed by atoms with Crippen LogP contribution in [-0.2, 0) is 13.0 Å². The van der Waals surface area contributed by atoms with Crippen molar-refractivity contribution in [3.63, 3.8) is 0 Å². The third-order valence-electron chi connectivity index (χ3n) is 2.31. The quantitative estimate of drug-likeness (QED) is 0.648. The minimum atomic E-state index is 0.927. The number of hydrogen-bond donors (Lipinski definition) is 1. The summed E-state index contributed by atoms with van der Waals surface area (Å²) in [6.07, 6.45) is 2.30. The van der Waals surface area contributed by atoms with E-state index in [0.717, 1.165) is 24.5 Å². The third kappa shape index (κ3) is 1.47. The Kier molecular flexibility index (Phi) is 2.33. The minimum absolute atomic E-state index is 0.927. The fourth-order valence-electron chi connectivity index (χ4n) is 1.66. The Morgan fingerprint density at radius 3 is 3.17 bits per heavy atom. The molecule has 0 atom stereocenters. The molecule has 0 aromatic heterocycles. The highest BCUT2D eigenvalue weighted by atomic mass is 35.5. The molecule has 1 N–H and O–H groups in total. The van der Waals surface area contributed by atoms with Crippen LogP contribution < -0.4 is 5.32 Å². The standard InChI is InChI=1S/C10H12ClN/c11-10-5-1-3-8-7-12-6-2-4-9(8)10/h1,3,5,12H,2,4,6-7H2. The van der Waals surface area contributed by atoms with Crippen LogP contribution in [-0.4, -0.2) is 6.54 Å². The molecule has 0 saturated carbocycles. The molecule has 1 nitrogen and oxygen atoms in total. The van der Waals surface area contributed by atoms with Gasteiger partial charge in [-0.2, -0.15) is 0 Å². The number of nitrogens with one attached hydrogen (secondary N) is 1. The van der Waals surface area contributed by atoms with E-state index in [4.69, 9.17) is 11.6 Å². The number of halogens is 1. The normalized spacial score (nSPS) is 16.8. The van der Waals surface area contributed by atoms with Crippen LogP contribution in [0.4, 0.5) is 0 Å². The first kappa shape index (κ1) is 8.09. The van der Waals surface area contributed by atoms with Gasteiger partial charge in [-0.15, -0.1) is 0 Å². The maximum Gasteiger partial charge on any atom is 0.0441 e. The lowest BCUT2D eigenvalue weighted by molar-refractivity contribution is 0.681. The molecular weight excluding hydrogens is 170 g/mol. The number of hydrogen-bond acceptors (Lipinski definition) is 1. The van der Waals surface area contributed by atoms with Crippen LogP contribution >= 0.6 is 11.6 Å². The van der Waals surface area contributed by atoms with E-state index in [0.29, 0.717) is 0 Å². The molecule has 64 valence electrons. The summed E-state index contributed by atoms with van der Waals surface area (Å²) in [5, 5.41) is 4.30. The van der Waals surface area contributed by atoms with Gasteiger partial charge in [0.05, 0.1) is 0 Å². The molecule has 1 aromatic rings. The molecule has 0 spiro atoms. The van der Waals surface area contributed by atoms with Crippen molar-refractivity contribution in [2.45, 2.75) is 19.4 Å². The first-order valence-electron chi connectivity index (χ1n) is 4.35. The lowest BCUT2D eigenvalue weighted by Crippen LogP contribution is -2.11. The lowest BCUT2D eigenvalue weighted by Gasteiger charge is -2.06. The highest BCUT2D eigenvalue weighted by molar-refractivity contribution is 6.31. The van der Waals surface area contributed by atoms with Crippen LogP contribution in [0.3, 0.4) is 0 Å². The van der Waals surface area contributed by atoms with Crippen molar-refractivity contribution in [1.29, 1.82) is 0 Å². The van der Waals surface area contributed by atoms with Gasteiger partial charge in [-0.25, -0.2) is 0 Å². The van der Waals surface area contributed by atoms with E-state index in [1.54, 1.807) is 0 Å². The van der Waals surface area contributed by atoms with Gasteiger partial charge in [0.2, 0.25) is 0 Å². The summed E-state index contributed by atoms with van der Waals surface area (Å²) in [5.74, 6) is 0. The van der Waals surface area contributed by atoms with Crippen molar-refractivity contribution in [3.8, 4) is 0 Å². The van der Waals surface area contributed by atoms with Crippen LogP contribution in [0, 0.1) is 0 Å². The first-order chi connectivity index (χ1) is 5.88. The van der Waals surface area contributed by atoms with Gasteiger partial charge in [0, 0.05) is 11.6 Å². The van der Waals surface area contributed by atoms with Crippen molar-refractivity contribution in [2.24, 2.45) is 0 Å². The molecule has 1 aliphatic rings. The van der Waals surface area contributed by atoms with Gasteiger partial charge in [0.15, 0.2) is 0 Å². The van der Waals surface area contributed by atoms with Crippen molar-refractivity contribution in [2.75, 3.05) is 6.54 Å². The van der Waals surface area contributed by atoms with Crippen LogP contribution in [0.2, 0.25) is 5.02 Å². The zero-order chi connectivity index (χ0) is 8.39. The number of benzene rings is 1. The Balaban J connectivity index is 2.42. The summed E-state index contributed by atoms with van der Waals surface area (Å²) in [5.41, 5.74) is 2.70. The molecule has 0 aliphatic carbocycles. The maximum atomic E-state index is 6.09. The highest BCUT2D eigenvalue weighted by Crippen LogP contribution is 2.22. The van der Waals surface area contributed by atoms with E-state index in [2.05, 4.69) is 11.4 Å². The second kappa shape index (κ2) is 3.46. The monoisotopic (exact) mass is 181 g/mol. The van der Waals surface area contributed by atoms with Crippen LogP contribution in [0.25, 0.3) is 0 Å². The summed E-state index contributed by atoms with van der Waals surface area (Å²) in [6, 6.07) is 6.15. The van der Waals surface area contributed by atoms with Gasteiger partial charge in [-0.05, 0) is 36.6 Å². The Morgan fingerprint density at radius 1 is 1.33 bits per heavy atom. The SMILES string of the molecule is Clc1cccc2c1CCCNC2. The summed E-state index contributed by atoms with van der Waals surface area (Å²) >= 11 is 6.09. The Labute approximate surface area is 77.7 Å². The van der Waals surface area contributed by atoms with E-state index in [1.807, 2.05) is 12.1 Å². The minimum Gasteiger partial charge on any atom is -0.313 e. The van der Waals surface area contributed by atoms with Crippen LogP contribution in [0.15, 0.2) is 18.2 Å². The molecule has 0 saturated heterocycles. The van der Waals surface area contributed by atoms with E-state index in [9.17, 15) is 0 Å². The van der Waals surface area contributed by atoms with E-state index in [1.165, 1.54) is 17.5 Å². The van der Waals surface area contributed by atoms with Crippen molar-refractivity contribution in [3.05, 3.63) is 34.3 Å². The van der Waals surface area contributed by atoms with Crippen molar-refractivity contribution in [1.82, 2.24) is 5.32 Å². The molecule has 0 fully saturated rings. The molecule has 0 radical (unpaired) electrons. The molecule has 2 heteroatoms. The smallest absolute Gasteiger partial charge is 0.0441 e. The second-order valence-corrected chi connectivity index (χ2v) is 3.57. The highest BCUT2D eigenvalue weighted by Gasteiger charge is 2.09. The molecular formula is C10H12ClN. The average Bonchev–Trinajstić information content (AvgIpc) is 2.30. The topological polar surface area (TPSA) is 12.0 Å². The molecule has 1 heterocycles. The molecule has 2 rings (SSSR count). The summed E-state index contributed by atoms with van der Waals surface area (Å²) in [7, 11) is 0. The van der Waals surface area contributed by atoms with Crippen LogP contribution in [0.1, 0.15) is 17.5 Å². The van der Waals surface area contributed by atoms with Crippen molar-refractivity contribution >= 4 is 11.6 Å². The summed E-state index contributed by atoms with van der Waals surface area (Å²) < 4.78 is 0. The fourth-order valence-corrected chi connectivity index (χ4v) is 1.95. The van der Waals surface area contributed by atoms with Gasteiger partial charge >= 0.3 is 0 Å². The summed E-state index contributed by atoms with van der Waals surface area (Å²) in [4.78, 5) is 0. The first-order valence-corrected chi connectivity index (χ1v) is 4.73.